The van der Waals surface area contributed by atoms with Crippen molar-refractivity contribution in [2.45, 2.75) is 52.5 Å². The van der Waals surface area contributed by atoms with E-state index in [1.165, 1.54) is 18.3 Å². The third-order valence-corrected chi connectivity index (χ3v) is 5.87. The molecule has 0 heterocycles. The van der Waals surface area contributed by atoms with Gasteiger partial charge in [-0.15, -0.1) is 0 Å². The summed E-state index contributed by atoms with van der Waals surface area (Å²) in [5, 5.41) is 15.0. The van der Waals surface area contributed by atoms with E-state index in [9.17, 15) is 4.79 Å². The molecule has 0 spiro atoms. The summed E-state index contributed by atoms with van der Waals surface area (Å²) < 4.78 is 5.31. The van der Waals surface area contributed by atoms with Gasteiger partial charge in [0.05, 0.1) is 23.7 Å². The summed E-state index contributed by atoms with van der Waals surface area (Å²) in [6.07, 6.45) is 1.44. The highest BCUT2D eigenvalue weighted by atomic mass is 35.5. The minimum Gasteiger partial charge on any atom is -0.379 e. The van der Waals surface area contributed by atoms with Crippen molar-refractivity contribution in [1.29, 1.82) is 5.41 Å². The van der Waals surface area contributed by atoms with E-state index in [0.717, 1.165) is 16.0 Å². The smallest absolute Gasteiger partial charge is 0.228 e. The molecule has 0 atom stereocenters. The maximum Gasteiger partial charge on any atom is 0.228 e. The van der Waals surface area contributed by atoms with E-state index in [-0.39, 0.29) is 12.3 Å². The van der Waals surface area contributed by atoms with E-state index < -0.39 is 0 Å². The van der Waals surface area contributed by atoms with Crippen molar-refractivity contribution in [2.75, 3.05) is 17.2 Å². The largest absolute Gasteiger partial charge is 0.379 e. The second kappa shape index (κ2) is 17.8. The summed E-state index contributed by atoms with van der Waals surface area (Å²) in [4.78, 5) is 13.5. The molecule has 194 valence electrons. The molecule has 3 aromatic rings. The Kier molecular flexibility index (Phi) is 15.6. The van der Waals surface area contributed by atoms with Gasteiger partial charge in [-0.2, -0.15) is 0 Å². The summed E-state index contributed by atoms with van der Waals surface area (Å²) in [5.41, 5.74) is 3.68. The van der Waals surface area contributed by atoms with Crippen molar-refractivity contribution in [3.05, 3.63) is 87.4 Å². The molecule has 0 unspecified atom stereocenters. The Morgan fingerprint density at radius 3 is 2.17 bits per heavy atom. The summed E-state index contributed by atoms with van der Waals surface area (Å²) >= 11 is 13.7. The van der Waals surface area contributed by atoms with Crippen molar-refractivity contribution < 1.29 is 8.98 Å². The molecule has 1 amide bonds. The van der Waals surface area contributed by atoms with E-state index >= 15 is 0 Å². The minimum absolute atomic E-state index is 0.163. The zero-order valence-corrected chi connectivity index (χ0v) is 23.8. The third-order valence-electron chi connectivity index (χ3n) is 4.50. The van der Waals surface area contributed by atoms with Crippen molar-refractivity contribution in [3.63, 3.8) is 0 Å². The molecule has 0 bridgehead atoms. The molecule has 0 aliphatic carbocycles. The van der Waals surface area contributed by atoms with Crippen LogP contribution in [0.2, 0.25) is 10.0 Å². The Bertz CT molecular complexity index is 1080. The van der Waals surface area contributed by atoms with Gasteiger partial charge in [0, 0.05) is 46.0 Å². The van der Waals surface area contributed by atoms with Crippen LogP contribution in [0.5, 0.6) is 0 Å². The lowest BCUT2D eigenvalue weighted by Crippen LogP contribution is -2.15. The van der Waals surface area contributed by atoms with Crippen LogP contribution < -0.4 is 10.6 Å². The fraction of sp³-hybridized carbons (Fsp3) is 0.286. The molecule has 8 heteroatoms. The third kappa shape index (κ3) is 10.6. The van der Waals surface area contributed by atoms with Crippen LogP contribution in [-0.2, 0) is 21.9 Å². The molecule has 5 nitrogen and oxygen atoms in total. The Hall–Kier alpha value is -2.51. The van der Waals surface area contributed by atoms with E-state index in [2.05, 4.69) is 10.6 Å². The molecule has 3 rings (SSSR count). The van der Waals surface area contributed by atoms with Gasteiger partial charge in [-0.25, -0.2) is 0 Å². The van der Waals surface area contributed by atoms with Crippen LogP contribution in [0, 0.1) is 5.41 Å². The van der Waals surface area contributed by atoms with Crippen molar-refractivity contribution >= 4 is 58.7 Å². The van der Waals surface area contributed by atoms with Crippen LogP contribution in [0.3, 0.4) is 0 Å². The lowest BCUT2D eigenvalue weighted by Gasteiger charge is -2.14. The van der Waals surface area contributed by atoms with Crippen molar-refractivity contribution in [2.24, 2.45) is 0 Å². The number of carbonyl (C=O) groups is 1. The van der Waals surface area contributed by atoms with E-state index in [1.807, 2.05) is 83.1 Å². The highest BCUT2D eigenvalue weighted by molar-refractivity contribution is 7.94. The molecule has 0 aliphatic rings. The molecule has 0 saturated heterocycles. The minimum atomic E-state index is -0.163. The number of hydrogen-bond donors (Lipinski definition) is 3. The van der Waals surface area contributed by atoms with Crippen LogP contribution in [0.4, 0.5) is 11.4 Å². The second-order valence-corrected chi connectivity index (χ2v) is 8.62. The zero-order chi connectivity index (χ0) is 26.9. The van der Waals surface area contributed by atoms with Gasteiger partial charge in [0.25, 0.3) is 0 Å². The maximum atomic E-state index is 12.5. The van der Waals surface area contributed by atoms with Gasteiger partial charge < -0.3 is 20.2 Å². The Morgan fingerprint density at radius 1 is 0.972 bits per heavy atom. The van der Waals surface area contributed by atoms with Gasteiger partial charge >= 0.3 is 0 Å². The number of halogens is 2. The second-order valence-electron chi connectivity index (χ2n) is 6.91. The first-order valence-electron chi connectivity index (χ1n) is 12.0. The van der Waals surface area contributed by atoms with Gasteiger partial charge in [0.15, 0.2) is 0 Å². The molecule has 0 saturated carbocycles. The number of amides is 1. The standard InChI is InChI=1S/C24H23Cl2N3O2S.2C2H6/c1-2-31-32-21-9-5-16(6-10-21)11-23(30)29-20-12-18(14-27)24(22(26)13-20)28-15-17-3-7-19(25)8-4-17;2*1-2/h3-10,12-14,27-28H,2,11,15H2,1H3,(H,29,30);2*1-2H3. The fourth-order valence-corrected chi connectivity index (χ4v) is 3.89. The predicted molar refractivity (Wildman–Crippen MR) is 157 cm³/mol. The van der Waals surface area contributed by atoms with E-state index in [4.69, 9.17) is 32.8 Å². The number of benzene rings is 3. The molecule has 3 N–H and O–H groups in total. The van der Waals surface area contributed by atoms with E-state index in [0.29, 0.717) is 40.1 Å². The van der Waals surface area contributed by atoms with Crippen LogP contribution >= 0.6 is 35.2 Å². The Labute approximate surface area is 229 Å². The summed E-state index contributed by atoms with van der Waals surface area (Å²) in [5.74, 6) is -0.163. The average Bonchev–Trinajstić information content (AvgIpc) is 2.90. The van der Waals surface area contributed by atoms with Gasteiger partial charge in [-0.3, -0.25) is 4.79 Å². The van der Waals surface area contributed by atoms with Crippen molar-refractivity contribution in [3.8, 4) is 0 Å². The number of rotatable bonds is 10. The number of hydrogen-bond acceptors (Lipinski definition) is 5. The molecule has 3 aromatic carbocycles. The first-order valence-corrected chi connectivity index (χ1v) is 13.5. The van der Waals surface area contributed by atoms with Crippen LogP contribution in [0.15, 0.2) is 65.6 Å². The predicted octanol–water partition coefficient (Wildman–Crippen LogP) is 8.88. The number of anilines is 2. The highest BCUT2D eigenvalue weighted by Gasteiger charge is 2.11. The highest BCUT2D eigenvalue weighted by Crippen LogP contribution is 2.30. The van der Waals surface area contributed by atoms with Gasteiger partial charge in [-0.1, -0.05) is 75.2 Å². The quantitative estimate of drug-likeness (QED) is 0.175. The first-order chi connectivity index (χ1) is 17.5. The average molecular weight is 549 g/mol. The molecule has 36 heavy (non-hydrogen) atoms. The van der Waals surface area contributed by atoms with E-state index in [1.54, 1.807) is 12.1 Å². The van der Waals surface area contributed by atoms with Crippen LogP contribution in [-0.4, -0.2) is 18.7 Å². The summed E-state index contributed by atoms with van der Waals surface area (Å²) in [6.45, 7) is 11.1. The molecule has 0 radical (unpaired) electrons. The molecule has 0 aromatic heterocycles. The number of nitrogens with one attached hydrogen (secondary N) is 3. The monoisotopic (exact) mass is 547 g/mol. The van der Waals surface area contributed by atoms with Gasteiger partial charge in [0.1, 0.15) is 0 Å². The topological polar surface area (TPSA) is 74.2 Å². The Morgan fingerprint density at radius 2 is 1.58 bits per heavy atom. The zero-order valence-electron chi connectivity index (χ0n) is 21.5. The van der Waals surface area contributed by atoms with Crippen LogP contribution in [0.1, 0.15) is 51.3 Å². The molecular weight excluding hydrogens is 513 g/mol. The van der Waals surface area contributed by atoms with Crippen molar-refractivity contribution in [1.82, 2.24) is 0 Å². The fourth-order valence-electron chi connectivity index (χ4n) is 2.97. The molecule has 0 aliphatic heterocycles. The van der Waals surface area contributed by atoms with Crippen LogP contribution in [0.25, 0.3) is 0 Å². The van der Waals surface area contributed by atoms with Gasteiger partial charge in [0.2, 0.25) is 5.91 Å². The van der Waals surface area contributed by atoms with Gasteiger partial charge in [-0.05, 0) is 54.4 Å². The normalized spacial score (nSPS) is 9.75. The molecule has 0 fully saturated rings. The summed E-state index contributed by atoms with van der Waals surface area (Å²) in [6, 6.07) is 18.5. The number of carbonyl (C=O) groups excluding carboxylic acids is 1. The molecular formula is C28H35Cl2N3O2S. The maximum absolute atomic E-state index is 12.5. The Balaban J connectivity index is 0.00000154. The lowest BCUT2D eigenvalue weighted by molar-refractivity contribution is -0.115. The first kappa shape index (κ1) is 31.5. The lowest BCUT2D eigenvalue weighted by atomic mass is 10.1. The SMILES string of the molecule is CC.CC.CCOSc1ccc(CC(=O)Nc2cc(Cl)c(NCc3ccc(Cl)cc3)c(C=N)c2)cc1. The summed E-state index contributed by atoms with van der Waals surface area (Å²) in [7, 11) is 0.